The van der Waals surface area contributed by atoms with E-state index in [1.54, 1.807) is 0 Å². The molecular weight excluding hydrogens is 220 g/mol. The van der Waals surface area contributed by atoms with Crippen LogP contribution >= 0.6 is 0 Å². The molecular formula is C17H26O. The molecule has 0 atom stereocenters. The zero-order valence-electron chi connectivity index (χ0n) is 11.5. The molecule has 0 radical (unpaired) electrons. The maximum Gasteiger partial charge on any atom is 0.133 e. The first kappa shape index (κ1) is 12.4. The summed E-state index contributed by atoms with van der Waals surface area (Å²) in [6.45, 7) is 3.73. The first-order valence-electron chi connectivity index (χ1n) is 7.82. The lowest BCUT2D eigenvalue weighted by Gasteiger charge is -2.56. The lowest BCUT2D eigenvalue weighted by molar-refractivity contribution is -0.127. The molecule has 1 nitrogen and oxygen atoms in total. The van der Waals surface area contributed by atoms with Gasteiger partial charge in [0.2, 0.25) is 0 Å². The summed E-state index contributed by atoms with van der Waals surface area (Å²) < 4.78 is 0. The highest BCUT2D eigenvalue weighted by atomic mass is 16.1. The summed E-state index contributed by atoms with van der Waals surface area (Å²) in [5.41, 5.74) is 0.444. The van der Waals surface area contributed by atoms with Crippen molar-refractivity contribution in [3.63, 3.8) is 0 Å². The van der Waals surface area contributed by atoms with Crippen LogP contribution in [0, 0.1) is 23.2 Å². The van der Waals surface area contributed by atoms with Crippen LogP contribution in [0.5, 0.6) is 0 Å². The van der Waals surface area contributed by atoms with Crippen molar-refractivity contribution in [1.82, 2.24) is 0 Å². The highest BCUT2D eigenvalue weighted by Crippen LogP contribution is 2.61. The molecule has 0 aromatic heterocycles. The summed E-state index contributed by atoms with van der Waals surface area (Å²) in [4.78, 5) is 12.2. The molecule has 0 amide bonds. The molecule has 18 heavy (non-hydrogen) atoms. The van der Waals surface area contributed by atoms with Crippen molar-refractivity contribution in [2.75, 3.05) is 0 Å². The Morgan fingerprint density at radius 3 is 2.17 bits per heavy atom. The van der Waals surface area contributed by atoms with E-state index in [-0.39, 0.29) is 0 Å². The Kier molecular flexibility index (Phi) is 3.34. The quantitative estimate of drug-likeness (QED) is 0.497. The molecule has 0 N–H and O–H groups in total. The number of rotatable bonds is 6. The van der Waals surface area contributed by atoms with E-state index in [1.165, 1.54) is 38.5 Å². The lowest BCUT2D eigenvalue weighted by atomic mass is 9.48. The van der Waals surface area contributed by atoms with Gasteiger partial charge in [-0.3, -0.25) is 4.79 Å². The molecule has 0 unspecified atom stereocenters. The van der Waals surface area contributed by atoms with Gasteiger partial charge in [-0.05, 0) is 74.5 Å². The first-order chi connectivity index (χ1) is 8.69. The van der Waals surface area contributed by atoms with Crippen molar-refractivity contribution in [2.45, 2.75) is 64.2 Å². The molecule has 0 spiro atoms. The molecule has 0 heterocycles. The third kappa shape index (κ3) is 2.41. The monoisotopic (exact) mass is 246 g/mol. The predicted molar refractivity (Wildman–Crippen MR) is 74.3 cm³/mol. The molecule has 4 fully saturated rings. The van der Waals surface area contributed by atoms with Gasteiger partial charge in [0.05, 0.1) is 0 Å². The third-order valence-corrected chi connectivity index (χ3v) is 5.60. The molecule has 0 aliphatic heterocycles. The molecule has 4 bridgehead atoms. The number of unbranched alkanes of at least 4 members (excludes halogenated alkanes) is 1. The van der Waals surface area contributed by atoms with E-state index >= 15 is 0 Å². The van der Waals surface area contributed by atoms with Gasteiger partial charge in [0.25, 0.3) is 0 Å². The average molecular weight is 246 g/mol. The van der Waals surface area contributed by atoms with Crippen molar-refractivity contribution in [3.05, 3.63) is 12.7 Å². The first-order valence-corrected chi connectivity index (χ1v) is 7.82. The fraction of sp³-hybridized carbons (Fsp3) is 0.824. The predicted octanol–water partition coefficient (Wildman–Crippen LogP) is 4.52. The van der Waals surface area contributed by atoms with Crippen molar-refractivity contribution >= 4 is 5.78 Å². The molecule has 0 aromatic rings. The Balaban J connectivity index is 1.58. The number of hydrogen-bond donors (Lipinski definition) is 0. The van der Waals surface area contributed by atoms with E-state index < -0.39 is 0 Å². The fourth-order valence-corrected chi connectivity index (χ4v) is 5.46. The molecule has 4 rings (SSSR count). The van der Waals surface area contributed by atoms with E-state index in [4.69, 9.17) is 0 Å². The highest BCUT2D eigenvalue weighted by Gasteiger charge is 2.51. The molecule has 4 saturated carbocycles. The SMILES string of the molecule is C=CCCCC(=O)CC12CC3CC(CC(C3)C1)C2. The van der Waals surface area contributed by atoms with Gasteiger partial charge in [-0.15, -0.1) is 6.58 Å². The standard InChI is InChI=1S/C17H26O/c1-2-3-4-5-16(18)12-17-9-13-6-14(10-17)8-15(7-13)11-17/h2,13-15H,1,3-12H2. The van der Waals surface area contributed by atoms with E-state index in [9.17, 15) is 4.79 Å². The van der Waals surface area contributed by atoms with Crippen LogP contribution in [-0.2, 0) is 4.79 Å². The van der Waals surface area contributed by atoms with Gasteiger partial charge in [-0.1, -0.05) is 6.08 Å². The molecule has 4 aliphatic carbocycles. The number of hydrogen-bond acceptors (Lipinski definition) is 1. The van der Waals surface area contributed by atoms with Gasteiger partial charge in [0.1, 0.15) is 5.78 Å². The van der Waals surface area contributed by atoms with E-state index in [1.807, 2.05) is 6.08 Å². The number of Topliss-reactive ketones (excluding diaryl/α,β-unsaturated/α-hetero) is 1. The summed E-state index contributed by atoms with van der Waals surface area (Å²) in [6, 6.07) is 0. The smallest absolute Gasteiger partial charge is 0.133 e. The largest absolute Gasteiger partial charge is 0.300 e. The van der Waals surface area contributed by atoms with Gasteiger partial charge < -0.3 is 0 Å². The van der Waals surface area contributed by atoms with E-state index in [0.29, 0.717) is 11.2 Å². The fourth-order valence-electron chi connectivity index (χ4n) is 5.46. The summed E-state index contributed by atoms with van der Waals surface area (Å²) in [6.07, 6.45) is 14.1. The molecule has 4 aliphatic rings. The summed E-state index contributed by atoms with van der Waals surface area (Å²) in [5, 5.41) is 0. The molecule has 1 heteroatoms. The number of carbonyl (C=O) groups is 1. The second kappa shape index (κ2) is 4.83. The Hall–Kier alpha value is -0.590. The van der Waals surface area contributed by atoms with E-state index in [2.05, 4.69) is 6.58 Å². The lowest BCUT2D eigenvalue weighted by Crippen LogP contribution is -2.46. The number of carbonyl (C=O) groups excluding carboxylic acids is 1. The zero-order valence-corrected chi connectivity index (χ0v) is 11.5. The van der Waals surface area contributed by atoms with Gasteiger partial charge in [0.15, 0.2) is 0 Å². The summed E-state index contributed by atoms with van der Waals surface area (Å²) >= 11 is 0. The minimum atomic E-state index is 0.444. The zero-order chi connectivity index (χ0) is 12.6. The van der Waals surface area contributed by atoms with E-state index in [0.717, 1.165) is 43.4 Å². The topological polar surface area (TPSA) is 17.1 Å². The van der Waals surface area contributed by atoms with Crippen LogP contribution in [0.3, 0.4) is 0 Å². The Morgan fingerprint density at radius 2 is 1.67 bits per heavy atom. The van der Waals surface area contributed by atoms with Crippen LogP contribution in [-0.4, -0.2) is 5.78 Å². The normalized spacial score (nSPS) is 41.0. The van der Waals surface area contributed by atoms with Crippen LogP contribution in [0.2, 0.25) is 0 Å². The second-order valence-corrected chi connectivity index (χ2v) is 7.31. The molecule has 0 saturated heterocycles. The number of allylic oxidation sites excluding steroid dienone is 1. The third-order valence-electron chi connectivity index (χ3n) is 5.60. The minimum absolute atomic E-state index is 0.444. The van der Waals surface area contributed by atoms with Gasteiger partial charge in [-0.2, -0.15) is 0 Å². The maximum absolute atomic E-state index is 12.2. The second-order valence-electron chi connectivity index (χ2n) is 7.31. The van der Waals surface area contributed by atoms with Crippen molar-refractivity contribution < 1.29 is 4.79 Å². The van der Waals surface area contributed by atoms with Crippen LogP contribution in [0.1, 0.15) is 64.2 Å². The molecule has 0 aromatic carbocycles. The van der Waals surface area contributed by atoms with Gasteiger partial charge in [0, 0.05) is 12.8 Å². The Bertz CT molecular complexity index is 306. The van der Waals surface area contributed by atoms with Crippen molar-refractivity contribution in [3.8, 4) is 0 Å². The van der Waals surface area contributed by atoms with Crippen LogP contribution in [0.15, 0.2) is 12.7 Å². The van der Waals surface area contributed by atoms with Crippen molar-refractivity contribution in [2.24, 2.45) is 23.2 Å². The summed E-state index contributed by atoms with van der Waals surface area (Å²) in [7, 11) is 0. The number of ketones is 1. The van der Waals surface area contributed by atoms with Crippen molar-refractivity contribution in [1.29, 1.82) is 0 Å². The van der Waals surface area contributed by atoms with Crippen LogP contribution in [0.25, 0.3) is 0 Å². The highest BCUT2D eigenvalue weighted by molar-refractivity contribution is 5.79. The Morgan fingerprint density at radius 1 is 1.11 bits per heavy atom. The van der Waals surface area contributed by atoms with Crippen LogP contribution in [0.4, 0.5) is 0 Å². The molecule has 100 valence electrons. The van der Waals surface area contributed by atoms with Crippen LogP contribution < -0.4 is 0 Å². The van der Waals surface area contributed by atoms with Gasteiger partial charge >= 0.3 is 0 Å². The average Bonchev–Trinajstić information content (AvgIpc) is 2.26. The maximum atomic E-state index is 12.2. The minimum Gasteiger partial charge on any atom is -0.300 e. The summed E-state index contributed by atoms with van der Waals surface area (Å²) in [5.74, 6) is 3.44. The Labute approximate surface area is 111 Å². The van der Waals surface area contributed by atoms with Gasteiger partial charge in [-0.25, -0.2) is 0 Å².